The molecule has 2 aliphatic rings. The number of alkyl carbamates (subject to hydrolysis) is 1. The van der Waals surface area contributed by atoms with Gasteiger partial charge in [0.2, 0.25) is 29.4 Å². The van der Waals surface area contributed by atoms with E-state index in [1.54, 1.807) is 81.8 Å². The molecule has 0 bridgehead atoms. The van der Waals surface area contributed by atoms with Gasteiger partial charge in [0.1, 0.15) is 18.1 Å². The third-order valence-electron chi connectivity index (χ3n) is 11.0. The first-order chi connectivity index (χ1) is 31.1. The maximum atomic E-state index is 14.9. The SMILES string of the molecule is CCCC(NC(=O)[C@@H]1CC2(CN1C(=O)[C@@H](NC(=O)OCC(C)C)[C@@H](C)OCc1ccccc1-c1ccccc1)SCCCS2)C(=O)C(=O)NCC(=O)N[C@H](C(=O)N(C)C)c1ccccc1. The number of carbonyl (C=O) groups is 7. The predicted molar refractivity (Wildman–Crippen MR) is 252 cm³/mol. The van der Waals surface area contributed by atoms with Gasteiger partial charge in [-0.15, -0.1) is 23.5 Å². The van der Waals surface area contributed by atoms with Crippen LogP contribution in [0.15, 0.2) is 84.9 Å². The largest absolute Gasteiger partial charge is 0.449 e. The standard InChI is InChI=1S/C48H62N6O9S2/c1-7-17-37(42(56)44(58)49-27-39(55)51-41(45(59)53(5)6)34-20-12-9-13-21-34)50-43(57)38-26-48(64-24-16-25-65-48)30-54(38)46(60)40(52-47(61)63-28-31(2)3)32(4)62-29-35-22-14-15-23-36(35)33-18-10-8-11-19-33/h8-15,18-23,31-32,37-38,40-41H,7,16-17,24-30H2,1-6H3,(H,49,58)(H,50,57)(H,51,55)(H,52,61)/t32-,37?,38+,40+,41+/m1/s1. The molecule has 5 rings (SSSR count). The van der Waals surface area contributed by atoms with Gasteiger partial charge in [-0.1, -0.05) is 112 Å². The number of hydrogen-bond acceptors (Lipinski definition) is 11. The molecule has 6 amide bonds. The van der Waals surface area contributed by atoms with Crippen LogP contribution in [0.25, 0.3) is 11.1 Å². The van der Waals surface area contributed by atoms with Crippen molar-refractivity contribution in [2.24, 2.45) is 5.92 Å². The number of carbonyl (C=O) groups excluding carboxylic acids is 7. The number of ether oxygens (including phenoxy) is 2. The van der Waals surface area contributed by atoms with Gasteiger partial charge in [0, 0.05) is 27.1 Å². The van der Waals surface area contributed by atoms with Gasteiger partial charge in [0.15, 0.2) is 0 Å². The Bertz CT molecular complexity index is 2120. The van der Waals surface area contributed by atoms with Crippen LogP contribution in [-0.2, 0) is 44.8 Å². The van der Waals surface area contributed by atoms with Crippen LogP contribution in [0.3, 0.4) is 0 Å². The van der Waals surface area contributed by atoms with Crippen molar-refractivity contribution in [1.29, 1.82) is 0 Å². The highest BCUT2D eigenvalue weighted by Gasteiger charge is 2.52. The molecule has 1 unspecified atom stereocenters. The number of likely N-dealkylation sites (tertiary alicyclic amines) is 1. The summed E-state index contributed by atoms with van der Waals surface area (Å²) in [5.41, 5.74) is 3.37. The molecule has 3 aromatic carbocycles. The Kier molecular flexibility index (Phi) is 18.9. The predicted octanol–water partition coefficient (Wildman–Crippen LogP) is 5.09. The molecular formula is C48H62N6O9S2. The number of nitrogens with zero attached hydrogens (tertiary/aromatic N) is 2. The zero-order chi connectivity index (χ0) is 47.1. The van der Waals surface area contributed by atoms with Gasteiger partial charge in [0.05, 0.1) is 36.0 Å². The lowest BCUT2D eigenvalue weighted by atomic mass is 10.0. The van der Waals surface area contributed by atoms with Crippen molar-refractivity contribution in [3.05, 3.63) is 96.1 Å². The second-order valence-electron chi connectivity index (χ2n) is 16.8. The van der Waals surface area contributed by atoms with Gasteiger partial charge in [-0.25, -0.2) is 4.79 Å². The Morgan fingerprint density at radius 1 is 0.846 bits per heavy atom. The maximum Gasteiger partial charge on any atom is 0.407 e. The fraction of sp³-hybridized carbons (Fsp3) is 0.479. The van der Waals surface area contributed by atoms with Gasteiger partial charge >= 0.3 is 6.09 Å². The van der Waals surface area contributed by atoms with Crippen LogP contribution >= 0.6 is 23.5 Å². The fourth-order valence-corrected chi connectivity index (χ4v) is 10.9. The Hall–Kier alpha value is -5.39. The first-order valence-electron chi connectivity index (χ1n) is 22.1. The van der Waals surface area contributed by atoms with E-state index in [0.717, 1.165) is 34.6 Å². The zero-order valence-electron chi connectivity index (χ0n) is 38.0. The zero-order valence-corrected chi connectivity index (χ0v) is 39.6. The van der Waals surface area contributed by atoms with Gasteiger partial charge in [-0.3, -0.25) is 28.8 Å². The molecular weight excluding hydrogens is 869 g/mol. The summed E-state index contributed by atoms with van der Waals surface area (Å²) in [6, 6.07) is 21.6. The van der Waals surface area contributed by atoms with Crippen LogP contribution < -0.4 is 21.3 Å². The summed E-state index contributed by atoms with van der Waals surface area (Å²) in [7, 11) is 3.12. The molecule has 4 N–H and O–H groups in total. The minimum Gasteiger partial charge on any atom is -0.449 e. The lowest BCUT2D eigenvalue weighted by molar-refractivity contribution is -0.144. The van der Waals surface area contributed by atoms with Crippen molar-refractivity contribution in [2.45, 2.75) is 94.3 Å². The smallest absolute Gasteiger partial charge is 0.407 e. The van der Waals surface area contributed by atoms with Crippen LogP contribution in [-0.4, -0.2) is 125 Å². The van der Waals surface area contributed by atoms with Crippen LogP contribution in [0.1, 0.15) is 70.5 Å². The van der Waals surface area contributed by atoms with Gasteiger partial charge in [-0.2, -0.15) is 0 Å². The van der Waals surface area contributed by atoms with Crippen LogP contribution in [0, 0.1) is 5.92 Å². The van der Waals surface area contributed by atoms with Gasteiger partial charge in [0.25, 0.3) is 5.91 Å². The topological polar surface area (TPSA) is 193 Å². The number of Topliss-reactive ketones (excluding diaryl/α,β-unsaturated/α-hetero) is 1. The van der Waals surface area contributed by atoms with Crippen molar-refractivity contribution in [3.8, 4) is 11.1 Å². The van der Waals surface area contributed by atoms with E-state index >= 15 is 0 Å². The van der Waals surface area contributed by atoms with E-state index in [2.05, 4.69) is 21.3 Å². The molecule has 350 valence electrons. The molecule has 17 heteroatoms. The Morgan fingerprint density at radius 2 is 1.49 bits per heavy atom. The average Bonchev–Trinajstić information content (AvgIpc) is 3.68. The van der Waals surface area contributed by atoms with Crippen molar-refractivity contribution >= 4 is 64.9 Å². The van der Waals surface area contributed by atoms with E-state index in [1.165, 1.54) is 9.80 Å². The molecule has 2 heterocycles. The van der Waals surface area contributed by atoms with Crippen molar-refractivity contribution in [2.75, 3.05) is 45.3 Å². The van der Waals surface area contributed by atoms with E-state index in [1.807, 2.05) is 68.4 Å². The minimum atomic E-state index is -1.27. The Morgan fingerprint density at radius 3 is 2.14 bits per heavy atom. The molecule has 15 nitrogen and oxygen atoms in total. The number of ketones is 1. The Labute approximate surface area is 390 Å². The number of benzene rings is 3. The number of likely N-dealkylation sites (N-methyl/N-ethyl adjacent to an activating group) is 1. The van der Waals surface area contributed by atoms with Gasteiger partial charge in [-0.05, 0) is 59.4 Å². The summed E-state index contributed by atoms with van der Waals surface area (Å²) in [6.07, 6.45) is 0.0606. The molecule has 0 radical (unpaired) electrons. The number of hydrogen-bond donors (Lipinski definition) is 4. The van der Waals surface area contributed by atoms with Crippen molar-refractivity contribution in [1.82, 2.24) is 31.1 Å². The highest BCUT2D eigenvalue weighted by molar-refractivity contribution is 8.18. The van der Waals surface area contributed by atoms with E-state index in [9.17, 15) is 33.6 Å². The molecule has 2 fully saturated rings. The first kappa shape index (κ1) is 50.6. The molecule has 0 saturated carbocycles. The lowest BCUT2D eigenvalue weighted by Gasteiger charge is -2.33. The molecule has 1 spiro atoms. The average molecular weight is 931 g/mol. The van der Waals surface area contributed by atoms with E-state index < -0.39 is 76.4 Å². The molecule has 0 aliphatic carbocycles. The van der Waals surface area contributed by atoms with Crippen LogP contribution in [0.4, 0.5) is 4.79 Å². The first-order valence-corrected chi connectivity index (χ1v) is 24.0. The second-order valence-corrected chi connectivity index (χ2v) is 20.1. The minimum absolute atomic E-state index is 0.0358. The van der Waals surface area contributed by atoms with Crippen molar-refractivity contribution in [3.63, 3.8) is 0 Å². The highest BCUT2D eigenvalue weighted by Crippen LogP contribution is 2.50. The number of nitrogens with one attached hydrogen (secondary N) is 4. The number of thioether (sulfide) groups is 2. The molecule has 3 aromatic rings. The molecule has 0 aromatic heterocycles. The lowest BCUT2D eigenvalue weighted by Crippen LogP contribution is -2.59. The third kappa shape index (κ3) is 14.1. The monoisotopic (exact) mass is 930 g/mol. The normalized spacial score (nSPS) is 17.3. The summed E-state index contributed by atoms with van der Waals surface area (Å²) in [6.45, 7) is 7.10. The second kappa shape index (κ2) is 24.2. The van der Waals surface area contributed by atoms with E-state index in [4.69, 9.17) is 9.47 Å². The molecule has 5 atom stereocenters. The van der Waals surface area contributed by atoms with Gasteiger partial charge < -0.3 is 40.5 Å². The van der Waals surface area contributed by atoms with Crippen LogP contribution in [0.5, 0.6) is 0 Å². The number of amides is 6. The quantitative estimate of drug-likeness (QED) is 0.110. The third-order valence-corrected chi connectivity index (χ3v) is 14.4. The molecule has 65 heavy (non-hydrogen) atoms. The van der Waals surface area contributed by atoms with Crippen LogP contribution in [0.2, 0.25) is 0 Å². The summed E-state index contributed by atoms with van der Waals surface area (Å²) >= 11 is 3.35. The molecule has 2 aliphatic heterocycles. The van der Waals surface area contributed by atoms with E-state index in [0.29, 0.717) is 12.0 Å². The number of rotatable bonds is 20. The summed E-state index contributed by atoms with van der Waals surface area (Å²) in [5.74, 6) is -2.63. The van der Waals surface area contributed by atoms with Crippen molar-refractivity contribution < 1.29 is 43.0 Å². The summed E-state index contributed by atoms with van der Waals surface area (Å²) in [4.78, 5) is 98.4. The molecule has 2 saturated heterocycles. The van der Waals surface area contributed by atoms with E-state index in [-0.39, 0.29) is 44.4 Å². The summed E-state index contributed by atoms with van der Waals surface area (Å²) < 4.78 is 11.3. The Balaban J connectivity index is 1.33. The maximum absolute atomic E-state index is 14.9. The summed E-state index contributed by atoms with van der Waals surface area (Å²) in [5, 5.41) is 10.5. The highest BCUT2D eigenvalue weighted by atomic mass is 32.2. The fourth-order valence-electron chi connectivity index (χ4n) is 7.60.